The minimum Gasteiger partial charge on any atom is -0.497 e. The van der Waals surface area contributed by atoms with Gasteiger partial charge in [-0.2, -0.15) is 0 Å². The number of benzene rings is 2. The van der Waals surface area contributed by atoms with E-state index in [1.165, 1.54) is 18.2 Å². The van der Waals surface area contributed by atoms with Crippen LogP contribution in [-0.4, -0.2) is 41.7 Å². The molecule has 0 N–H and O–H groups in total. The summed E-state index contributed by atoms with van der Waals surface area (Å²) < 4.78 is 5.10. The molecule has 0 bridgehead atoms. The van der Waals surface area contributed by atoms with Crippen molar-refractivity contribution in [3.63, 3.8) is 0 Å². The van der Waals surface area contributed by atoms with E-state index < -0.39 is 4.92 Å². The number of nitro benzene ring substituents is 1. The van der Waals surface area contributed by atoms with Crippen molar-refractivity contribution in [3.05, 3.63) is 69.8 Å². The van der Waals surface area contributed by atoms with E-state index in [-0.39, 0.29) is 23.3 Å². The monoisotopic (exact) mass is 368 g/mol. The maximum Gasteiger partial charge on any atom is 0.270 e. The molecule has 2 aromatic rings. The number of carbonyl (C=O) groups is 2. The molecule has 7 nitrogen and oxygen atoms in total. The Kier molecular flexibility index (Phi) is 5.49. The number of ether oxygens (including phenoxy) is 1. The predicted molar refractivity (Wildman–Crippen MR) is 99.0 cm³/mol. The van der Waals surface area contributed by atoms with Gasteiger partial charge in [-0.25, -0.2) is 0 Å². The molecular weight excluding hydrogens is 348 g/mol. The third-order valence-electron chi connectivity index (χ3n) is 4.83. The largest absolute Gasteiger partial charge is 0.497 e. The first-order valence-electron chi connectivity index (χ1n) is 8.71. The zero-order chi connectivity index (χ0) is 19.4. The number of hydrogen-bond acceptors (Lipinski definition) is 5. The van der Waals surface area contributed by atoms with Crippen LogP contribution in [-0.2, 0) is 0 Å². The molecule has 1 aliphatic rings. The van der Waals surface area contributed by atoms with E-state index in [2.05, 4.69) is 0 Å². The van der Waals surface area contributed by atoms with Crippen LogP contribution in [0.2, 0.25) is 0 Å². The van der Waals surface area contributed by atoms with Crippen LogP contribution in [0, 0.1) is 16.0 Å². The van der Waals surface area contributed by atoms with Crippen molar-refractivity contribution in [1.82, 2.24) is 4.90 Å². The van der Waals surface area contributed by atoms with Gasteiger partial charge in [-0.15, -0.1) is 0 Å². The number of rotatable bonds is 5. The lowest BCUT2D eigenvalue weighted by Gasteiger charge is -2.31. The highest BCUT2D eigenvalue weighted by molar-refractivity contribution is 5.98. The summed E-state index contributed by atoms with van der Waals surface area (Å²) in [6, 6.07) is 12.7. The van der Waals surface area contributed by atoms with Gasteiger partial charge in [0.25, 0.3) is 11.6 Å². The summed E-state index contributed by atoms with van der Waals surface area (Å²) in [5.41, 5.74) is 0.828. The fourth-order valence-corrected chi connectivity index (χ4v) is 3.27. The first-order valence-corrected chi connectivity index (χ1v) is 8.71. The molecule has 7 heteroatoms. The Bertz CT molecular complexity index is 855. The number of methoxy groups -OCH3 is 1. The van der Waals surface area contributed by atoms with Crippen molar-refractivity contribution in [3.8, 4) is 5.75 Å². The maximum atomic E-state index is 12.6. The van der Waals surface area contributed by atoms with E-state index in [0.717, 1.165) is 0 Å². The van der Waals surface area contributed by atoms with Gasteiger partial charge in [0, 0.05) is 42.3 Å². The molecule has 1 amide bonds. The van der Waals surface area contributed by atoms with Gasteiger partial charge in [0.05, 0.1) is 12.0 Å². The van der Waals surface area contributed by atoms with Crippen LogP contribution >= 0.6 is 0 Å². The first kappa shape index (κ1) is 18.6. The van der Waals surface area contributed by atoms with E-state index in [9.17, 15) is 19.7 Å². The second kappa shape index (κ2) is 7.99. The molecule has 0 spiro atoms. The summed E-state index contributed by atoms with van der Waals surface area (Å²) >= 11 is 0. The molecule has 1 heterocycles. The Morgan fingerprint density at radius 3 is 2.33 bits per heavy atom. The lowest BCUT2D eigenvalue weighted by molar-refractivity contribution is -0.384. The lowest BCUT2D eigenvalue weighted by atomic mass is 9.88. The molecule has 27 heavy (non-hydrogen) atoms. The van der Waals surface area contributed by atoms with Gasteiger partial charge >= 0.3 is 0 Å². The SMILES string of the molecule is COc1ccc(C(=O)C2CCN(C(=O)c3cccc([N+](=O)[O-])c3)CC2)cc1. The zero-order valence-corrected chi connectivity index (χ0v) is 15.0. The average molecular weight is 368 g/mol. The molecule has 140 valence electrons. The number of amides is 1. The first-order chi connectivity index (χ1) is 13.0. The highest BCUT2D eigenvalue weighted by atomic mass is 16.6. The summed E-state index contributed by atoms with van der Waals surface area (Å²) in [4.78, 5) is 37.3. The second-order valence-corrected chi connectivity index (χ2v) is 6.47. The third kappa shape index (κ3) is 4.13. The van der Waals surface area contributed by atoms with Gasteiger partial charge in [-0.3, -0.25) is 19.7 Å². The molecule has 1 fully saturated rings. The maximum absolute atomic E-state index is 12.6. The van der Waals surface area contributed by atoms with Gasteiger partial charge in [0.15, 0.2) is 5.78 Å². The quantitative estimate of drug-likeness (QED) is 0.459. The number of ketones is 1. The molecule has 1 saturated heterocycles. The number of non-ortho nitro benzene ring substituents is 1. The number of Topliss-reactive ketones (excluding diaryl/α,β-unsaturated/α-hetero) is 1. The Hall–Kier alpha value is -3.22. The van der Waals surface area contributed by atoms with Crippen molar-refractivity contribution in [2.24, 2.45) is 5.92 Å². The van der Waals surface area contributed by atoms with Crippen molar-refractivity contribution in [1.29, 1.82) is 0 Å². The van der Waals surface area contributed by atoms with Crippen molar-refractivity contribution in [2.75, 3.05) is 20.2 Å². The lowest BCUT2D eigenvalue weighted by Crippen LogP contribution is -2.40. The van der Waals surface area contributed by atoms with Crippen molar-refractivity contribution < 1.29 is 19.2 Å². The normalized spacial score (nSPS) is 14.6. The van der Waals surface area contributed by atoms with E-state index in [4.69, 9.17) is 4.74 Å². The van der Waals surface area contributed by atoms with E-state index in [1.807, 2.05) is 0 Å². The predicted octanol–water partition coefficient (Wildman–Crippen LogP) is 3.34. The van der Waals surface area contributed by atoms with Gasteiger partial charge in [0.1, 0.15) is 5.75 Å². The highest BCUT2D eigenvalue weighted by Crippen LogP contribution is 2.24. The van der Waals surface area contributed by atoms with Crippen LogP contribution in [0.1, 0.15) is 33.6 Å². The number of piperidine rings is 1. The second-order valence-electron chi connectivity index (χ2n) is 6.47. The Balaban J connectivity index is 1.62. The van der Waals surface area contributed by atoms with Gasteiger partial charge in [0.2, 0.25) is 0 Å². The molecular formula is C20H20N2O5. The Morgan fingerprint density at radius 1 is 1.07 bits per heavy atom. The van der Waals surface area contributed by atoms with Crippen molar-refractivity contribution >= 4 is 17.4 Å². The minimum absolute atomic E-state index is 0.0695. The summed E-state index contributed by atoms with van der Waals surface area (Å²) in [5, 5.41) is 10.9. The van der Waals surface area contributed by atoms with Gasteiger partial charge in [-0.1, -0.05) is 6.07 Å². The van der Waals surface area contributed by atoms with Crippen LogP contribution < -0.4 is 4.74 Å². The Morgan fingerprint density at radius 2 is 1.74 bits per heavy atom. The van der Waals surface area contributed by atoms with Crippen LogP contribution in [0.15, 0.2) is 48.5 Å². The smallest absolute Gasteiger partial charge is 0.270 e. The highest BCUT2D eigenvalue weighted by Gasteiger charge is 2.28. The number of hydrogen-bond donors (Lipinski definition) is 0. The molecule has 0 unspecified atom stereocenters. The summed E-state index contributed by atoms with van der Waals surface area (Å²) in [7, 11) is 1.57. The fraction of sp³-hybridized carbons (Fsp3) is 0.300. The number of likely N-dealkylation sites (tertiary alicyclic amines) is 1. The van der Waals surface area contributed by atoms with Crippen LogP contribution in [0.4, 0.5) is 5.69 Å². The fourth-order valence-electron chi connectivity index (χ4n) is 3.27. The molecule has 0 radical (unpaired) electrons. The number of nitrogens with zero attached hydrogens (tertiary/aromatic N) is 2. The van der Waals surface area contributed by atoms with Gasteiger partial charge in [-0.05, 0) is 43.2 Å². The van der Waals surface area contributed by atoms with E-state index in [1.54, 1.807) is 42.3 Å². The molecule has 2 aromatic carbocycles. The zero-order valence-electron chi connectivity index (χ0n) is 15.0. The topological polar surface area (TPSA) is 89.8 Å². The van der Waals surface area contributed by atoms with Crippen molar-refractivity contribution in [2.45, 2.75) is 12.8 Å². The third-order valence-corrected chi connectivity index (χ3v) is 4.83. The standard InChI is InChI=1S/C20H20N2O5/c1-27-18-7-5-14(6-8-18)19(23)15-9-11-21(12-10-15)20(24)16-3-2-4-17(13-16)22(25)26/h2-8,13,15H,9-12H2,1H3. The summed E-state index contributed by atoms with van der Waals surface area (Å²) in [6.45, 7) is 0.905. The molecule has 0 atom stereocenters. The average Bonchev–Trinajstić information content (AvgIpc) is 2.73. The molecule has 0 saturated carbocycles. The van der Waals surface area contributed by atoms with Gasteiger partial charge < -0.3 is 9.64 Å². The van der Waals surface area contributed by atoms with Crippen LogP contribution in [0.5, 0.6) is 5.75 Å². The molecule has 3 rings (SSSR count). The molecule has 1 aliphatic heterocycles. The van der Waals surface area contributed by atoms with Crippen LogP contribution in [0.25, 0.3) is 0 Å². The van der Waals surface area contributed by atoms with E-state index >= 15 is 0 Å². The number of nitro groups is 1. The molecule has 0 aliphatic carbocycles. The molecule has 0 aromatic heterocycles. The summed E-state index contributed by atoms with van der Waals surface area (Å²) in [6.07, 6.45) is 1.15. The summed E-state index contributed by atoms with van der Waals surface area (Å²) in [5.74, 6) is 0.394. The van der Waals surface area contributed by atoms with E-state index in [0.29, 0.717) is 42.8 Å². The van der Waals surface area contributed by atoms with Crippen LogP contribution in [0.3, 0.4) is 0 Å². The minimum atomic E-state index is -0.517. The Labute approximate surface area is 156 Å². The number of carbonyl (C=O) groups excluding carboxylic acids is 2.